The predicted octanol–water partition coefficient (Wildman–Crippen LogP) is 1.82. The van der Waals surface area contributed by atoms with Gasteiger partial charge in [0, 0.05) is 18.5 Å². The van der Waals surface area contributed by atoms with Gasteiger partial charge in [0.25, 0.3) is 10.0 Å². The molecule has 2 aromatic rings. The number of hydrogen-bond donors (Lipinski definition) is 2. The molecule has 3 amide bonds. The van der Waals surface area contributed by atoms with Gasteiger partial charge < -0.3 is 20.1 Å². The van der Waals surface area contributed by atoms with E-state index in [1.807, 2.05) is 0 Å². The van der Waals surface area contributed by atoms with E-state index in [9.17, 15) is 22.8 Å². The highest BCUT2D eigenvalue weighted by molar-refractivity contribution is 7.89. The Bertz CT molecular complexity index is 1230. The van der Waals surface area contributed by atoms with E-state index in [0.717, 1.165) is 0 Å². The normalized spacial score (nSPS) is 16.5. The Kier molecular flexibility index (Phi) is 7.68. The van der Waals surface area contributed by atoms with Crippen LogP contribution in [0.3, 0.4) is 0 Å². The van der Waals surface area contributed by atoms with Crippen molar-refractivity contribution in [1.82, 2.24) is 9.62 Å². The van der Waals surface area contributed by atoms with Gasteiger partial charge in [0.15, 0.2) is 0 Å². The second-order valence-corrected chi connectivity index (χ2v) is 9.85. The first-order chi connectivity index (χ1) is 16.1. The summed E-state index contributed by atoms with van der Waals surface area (Å²) in [6.07, 6.45) is 0.0919. The summed E-state index contributed by atoms with van der Waals surface area (Å²) < 4.78 is 37.9. The summed E-state index contributed by atoms with van der Waals surface area (Å²) in [5.74, 6) is -1.97. The minimum absolute atomic E-state index is 0.0564. The number of anilines is 1. The van der Waals surface area contributed by atoms with Crippen LogP contribution in [0.15, 0.2) is 41.3 Å². The number of hydrogen-bond acceptors (Lipinski definition) is 7. The van der Waals surface area contributed by atoms with Crippen LogP contribution >= 0.6 is 11.6 Å². The van der Waals surface area contributed by atoms with Gasteiger partial charge in [-0.3, -0.25) is 14.4 Å². The second kappa shape index (κ2) is 10.3. The molecule has 1 aliphatic heterocycles. The molecule has 1 saturated heterocycles. The van der Waals surface area contributed by atoms with Gasteiger partial charge in [-0.05, 0) is 48.4 Å². The molecule has 2 N–H and O–H groups in total. The number of carbonyl (C=O) groups is 3. The summed E-state index contributed by atoms with van der Waals surface area (Å²) in [4.78, 5) is 36.9. The van der Waals surface area contributed by atoms with E-state index in [4.69, 9.17) is 21.1 Å². The summed E-state index contributed by atoms with van der Waals surface area (Å²) in [6.45, 7) is 0.531. The van der Waals surface area contributed by atoms with E-state index < -0.39 is 40.2 Å². The quantitative estimate of drug-likeness (QED) is 0.582. The van der Waals surface area contributed by atoms with Gasteiger partial charge in [-0.2, -0.15) is 0 Å². The molecule has 0 bridgehead atoms. The van der Waals surface area contributed by atoms with Crippen molar-refractivity contribution < 1.29 is 32.3 Å². The Hall–Kier alpha value is -3.31. The molecular weight excluding hydrogens is 486 g/mol. The Morgan fingerprint density at radius 3 is 2.47 bits per heavy atom. The number of amides is 3. The van der Waals surface area contributed by atoms with Crippen LogP contribution in [-0.4, -0.2) is 57.8 Å². The molecule has 2 aromatic carbocycles. The number of sulfonamides is 1. The van der Waals surface area contributed by atoms with Gasteiger partial charge in [-0.25, -0.2) is 12.7 Å². The van der Waals surface area contributed by atoms with Crippen LogP contribution < -0.4 is 20.1 Å². The lowest BCUT2D eigenvalue weighted by molar-refractivity contribution is -0.131. The van der Waals surface area contributed by atoms with E-state index in [-0.39, 0.29) is 29.3 Å². The minimum atomic E-state index is -4.44. The molecule has 12 heteroatoms. The van der Waals surface area contributed by atoms with Gasteiger partial charge >= 0.3 is 0 Å². The average molecular weight is 510 g/mol. The van der Waals surface area contributed by atoms with Crippen molar-refractivity contribution in [1.29, 1.82) is 0 Å². The maximum Gasteiger partial charge on any atom is 0.267 e. The van der Waals surface area contributed by atoms with Crippen LogP contribution in [0.5, 0.6) is 11.5 Å². The van der Waals surface area contributed by atoms with Crippen LogP contribution in [0.25, 0.3) is 0 Å². The van der Waals surface area contributed by atoms with Crippen molar-refractivity contribution >= 4 is 45.0 Å². The van der Waals surface area contributed by atoms with Crippen molar-refractivity contribution in [2.75, 3.05) is 32.6 Å². The number of nitrogens with zero attached hydrogens (tertiary/aromatic N) is 1. The molecule has 1 aliphatic rings. The molecule has 0 saturated carbocycles. The largest absolute Gasteiger partial charge is 0.496 e. The number of rotatable bonds is 7. The fourth-order valence-corrected chi connectivity index (χ4v) is 5.22. The topological polar surface area (TPSA) is 131 Å². The van der Waals surface area contributed by atoms with Crippen LogP contribution in [0.1, 0.15) is 12.5 Å². The predicted molar refractivity (Wildman–Crippen MR) is 124 cm³/mol. The summed E-state index contributed by atoms with van der Waals surface area (Å²) in [5, 5.41) is 5.51. The molecule has 1 unspecified atom stereocenters. The molecule has 10 nitrogen and oxygen atoms in total. The molecular formula is C22H24ClN3O7S. The number of nitrogens with one attached hydrogen (secondary N) is 2. The van der Waals surface area contributed by atoms with Crippen molar-refractivity contribution in [3.63, 3.8) is 0 Å². The fraction of sp³-hybridized carbons (Fsp3) is 0.318. The lowest BCUT2D eigenvalue weighted by Gasteiger charge is -2.24. The third-order valence-corrected chi connectivity index (χ3v) is 7.18. The third-order valence-electron chi connectivity index (χ3n) is 5.21. The average Bonchev–Trinajstić information content (AvgIpc) is 2.92. The zero-order valence-electron chi connectivity index (χ0n) is 18.8. The molecule has 0 aliphatic carbocycles. The lowest BCUT2D eigenvalue weighted by Crippen LogP contribution is -2.42. The molecule has 182 valence electrons. The SMILES string of the molecule is COc1ccc(Cl)cc1CC1CNC(=O)CN(S(=O)(=O)c2ccc(OC)c(NC(C)=O)c2)C1=O. The molecule has 1 atom stereocenters. The van der Waals surface area contributed by atoms with E-state index >= 15 is 0 Å². The summed E-state index contributed by atoms with van der Waals surface area (Å²) in [5.41, 5.74) is 0.710. The van der Waals surface area contributed by atoms with E-state index in [0.29, 0.717) is 20.6 Å². The third kappa shape index (κ3) is 5.42. The van der Waals surface area contributed by atoms with Gasteiger partial charge in [0.05, 0.1) is 30.7 Å². The van der Waals surface area contributed by atoms with Crippen LogP contribution in [-0.2, 0) is 30.8 Å². The monoisotopic (exact) mass is 509 g/mol. The van der Waals surface area contributed by atoms with Gasteiger partial charge in [0.1, 0.15) is 18.0 Å². The molecule has 0 radical (unpaired) electrons. The lowest BCUT2D eigenvalue weighted by atomic mass is 9.98. The smallest absolute Gasteiger partial charge is 0.267 e. The Labute approximate surface area is 202 Å². The maximum atomic E-state index is 13.4. The highest BCUT2D eigenvalue weighted by atomic mass is 35.5. The van der Waals surface area contributed by atoms with Gasteiger partial charge in [0.2, 0.25) is 17.7 Å². The van der Waals surface area contributed by atoms with Crippen LogP contribution in [0.2, 0.25) is 5.02 Å². The standard InChI is InChI=1S/C22H24ClN3O7S/c1-13(27)25-18-10-17(5-7-20(18)33-3)34(30,31)26-12-21(28)24-11-15(22(26)29)8-14-9-16(23)4-6-19(14)32-2/h4-7,9-10,15H,8,11-12H2,1-3H3,(H,24,28)(H,25,27). The van der Waals surface area contributed by atoms with Crippen LogP contribution in [0, 0.1) is 5.92 Å². The van der Waals surface area contributed by atoms with Crippen molar-refractivity contribution in [2.45, 2.75) is 18.2 Å². The maximum absolute atomic E-state index is 13.4. The number of benzene rings is 2. The summed E-state index contributed by atoms with van der Waals surface area (Å²) in [6, 6.07) is 8.68. The zero-order chi connectivity index (χ0) is 25.0. The number of halogens is 1. The van der Waals surface area contributed by atoms with Crippen molar-refractivity contribution in [3.8, 4) is 11.5 Å². The number of ether oxygens (including phenoxy) is 2. The number of methoxy groups -OCH3 is 2. The summed E-state index contributed by atoms with van der Waals surface area (Å²) in [7, 11) is -1.60. The highest BCUT2D eigenvalue weighted by Gasteiger charge is 2.38. The van der Waals surface area contributed by atoms with Crippen molar-refractivity contribution in [2.24, 2.45) is 5.92 Å². The molecule has 3 rings (SSSR count). The van der Waals surface area contributed by atoms with E-state index in [1.165, 1.54) is 39.3 Å². The highest BCUT2D eigenvalue weighted by Crippen LogP contribution is 2.31. The van der Waals surface area contributed by atoms with E-state index in [1.54, 1.807) is 18.2 Å². The van der Waals surface area contributed by atoms with E-state index in [2.05, 4.69) is 10.6 Å². The van der Waals surface area contributed by atoms with Crippen LogP contribution in [0.4, 0.5) is 5.69 Å². The molecule has 0 aromatic heterocycles. The molecule has 0 spiro atoms. The van der Waals surface area contributed by atoms with Gasteiger partial charge in [-0.1, -0.05) is 11.6 Å². The Morgan fingerprint density at radius 2 is 1.82 bits per heavy atom. The first-order valence-corrected chi connectivity index (χ1v) is 12.0. The number of carbonyl (C=O) groups excluding carboxylic acids is 3. The van der Waals surface area contributed by atoms with Crippen molar-refractivity contribution in [3.05, 3.63) is 47.0 Å². The fourth-order valence-electron chi connectivity index (χ4n) is 3.59. The second-order valence-electron chi connectivity index (χ2n) is 7.55. The molecule has 1 heterocycles. The minimum Gasteiger partial charge on any atom is -0.496 e. The Morgan fingerprint density at radius 1 is 1.15 bits per heavy atom. The zero-order valence-corrected chi connectivity index (χ0v) is 20.3. The molecule has 1 fully saturated rings. The first kappa shape index (κ1) is 25.3. The first-order valence-electron chi connectivity index (χ1n) is 10.2. The summed E-state index contributed by atoms with van der Waals surface area (Å²) >= 11 is 6.08. The Balaban J connectivity index is 1.99. The molecule has 34 heavy (non-hydrogen) atoms. The van der Waals surface area contributed by atoms with Gasteiger partial charge in [-0.15, -0.1) is 0 Å².